The average molecular weight is 218 g/mol. The molecule has 0 unspecified atom stereocenters. The highest BCUT2D eigenvalue weighted by atomic mass is 16.5. The molecule has 1 N–H and O–H groups in total. The molecule has 0 aliphatic heterocycles. The van der Waals surface area contributed by atoms with Crippen molar-refractivity contribution in [2.45, 2.75) is 0 Å². The van der Waals surface area contributed by atoms with Crippen molar-refractivity contribution in [1.29, 1.82) is 0 Å². The lowest BCUT2D eigenvalue weighted by atomic mass is 10.1. The molecule has 1 aromatic carbocycles. The molecule has 0 saturated carbocycles. The van der Waals surface area contributed by atoms with E-state index in [1.807, 2.05) is 0 Å². The van der Waals surface area contributed by atoms with Crippen LogP contribution in [-0.2, 0) is 4.74 Å². The van der Waals surface area contributed by atoms with Crippen molar-refractivity contribution in [2.24, 2.45) is 0 Å². The molecule has 0 aliphatic rings. The Morgan fingerprint density at radius 2 is 1.75 bits per heavy atom. The van der Waals surface area contributed by atoms with Crippen LogP contribution < -0.4 is 0 Å². The second-order valence-electron chi connectivity index (χ2n) is 2.85. The number of aromatic carboxylic acids is 1. The Hall–Kier alpha value is -2.36. The lowest BCUT2D eigenvalue weighted by Gasteiger charge is -1.99. The van der Waals surface area contributed by atoms with Crippen molar-refractivity contribution in [3.63, 3.8) is 0 Å². The van der Waals surface area contributed by atoms with Crippen molar-refractivity contribution in [3.05, 3.63) is 60.4 Å². The SMILES string of the molecule is C=CC=COC(=O)c1ccc(C(=O)O)cc1. The Morgan fingerprint density at radius 1 is 1.19 bits per heavy atom. The van der Waals surface area contributed by atoms with E-state index in [0.717, 1.165) is 0 Å². The number of allylic oxidation sites excluding steroid dienone is 2. The standard InChI is InChI=1S/C12H10O4/c1-2-3-8-16-12(15)10-6-4-9(5-7-10)11(13)14/h2-8H,1H2,(H,13,14). The maximum atomic E-state index is 11.3. The van der Waals surface area contributed by atoms with Crippen molar-refractivity contribution >= 4 is 11.9 Å². The van der Waals surface area contributed by atoms with Crippen LogP contribution in [0.4, 0.5) is 0 Å². The van der Waals surface area contributed by atoms with Crippen LogP contribution in [0.1, 0.15) is 20.7 Å². The van der Waals surface area contributed by atoms with Crippen molar-refractivity contribution in [2.75, 3.05) is 0 Å². The summed E-state index contributed by atoms with van der Waals surface area (Å²) in [6, 6.07) is 5.48. The highest BCUT2D eigenvalue weighted by Gasteiger charge is 2.07. The number of carboxylic acids is 1. The van der Waals surface area contributed by atoms with Gasteiger partial charge in [-0.2, -0.15) is 0 Å². The fraction of sp³-hybridized carbons (Fsp3) is 0. The third-order valence-corrected chi connectivity index (χ3v) is 1.76. The van der Waals surface area contributed by atoms with Gasteiger partial charge in [-0.1, -0.05) is 12.7 Å². The number of esters is 1. The van der Waals surface area contributed by atoms with Crippen LogP contribution in [0.2, 0.25) is 0 Å². The Balaban J connectivity index is 2.74. The molecule has 0 saturated heterocycles. The predicted octanol–water partition coefficient (Wildman–Crippen LogP) is 2.24. The van der Waals surface area contributed by atoms with E-state index in [9.17, 15) is 9.59 Å². The predicted molar refractivity (Wildman–Crippen MR) is 58.2 cm³/mol. The number of carbonyl (C=O) groups is 2. The van der Waals surface area contributed by atoms with Gasteiger partial charge in [0.25, 0.3) is 0 Å². The summed E-state index contributed by atoms with van der Waals surface area (Å²) in [5.41, 5.74) is 0.414. The van der Waals surface area contributed by atoms with Crippen LogP contribution in [0.15, 0.2) is 49.3 Å². The van der Waals surface area contributed by atoms with Crippen LogP contribution >= 0.6 is 0 Å². The molecular weight excluding hydrogens is 208 g/mol. The van der Waals surface area contributed by atoms with Gasteiger partial charge in [-0.05, 0) is 30.3 Å². The van der Waals surface area contributed by atoms with E-state index in [1.165, 1.54) is 42.7 Å². The normalized spacial score (nSPS) is 10.0. The lowest BCUT2D eigenvalue weighted by molar-refractivity contribution is 0.0657. The molecule has 0 bridgehead atoms. The summed E-state index contributed by atoms with van der Waals surface area (Å²) in [5.74, 6) is -1.58. The monoisotopic (exact) mass is 218 g/mol. The Labute approximate surface area is 92.5 Å². The van der Waals surface area contributed by atoms with E-state index in [1.54, 1.807) is 0 Å². The van der Waals surface area contributed by atoms with Gasteiger partial charge >= 0.3 is 11.9 Å². The van der Waals surface area contributed by atoms with Gasteiger partial charge in [0, 0.05) is 0 Å². The number of carboxylic acid groups (broad SMARTS) is 1. The first kappa shape index (κ1) is 11.7. The van der Waals surface area contributed by atoms with Crippen molar-refractivity contribution in [1.82, 2.24) is 0 Å². The van der Waals surface area contributed by atoms with Crippen molar-refractivity contribution < 1.29 is 19.4 Å². The Bertz CT molecular complexity index is 429. The van der Waals surface area contributed by atoms with Crippen LogP contribution in [0.5, 0.6) is 0 Å². The first-order chi connectivity index (χ1) is 7.65. The smallest absolute Gasteiger partial charge is 0.342 e. The van der Waals surface area contributed by atoms with Gasteiger partial charge < -0.3 is 9.84 Å². The number of hydrogen-bond acceptors (Lipinski definition) is 3. The maximum Gasteiger partial charge on any atom is 0.342 e. The minimum absolute atomic E-state index is 0.123. The zero-order valence-corrected chi connectivity index (χ0v) is 8.42. The molecule has 0 aromatic heterocycles. The molecule has 0 aliphatic carbocycles. The third kappa shape index (κ3) is 3.09. The molecule has 0 radical (unpaired) electrons. The molecule has 0 heterocycles. The fourth-order valence-electron chi connectivity index (χ4n) is 0.974. The molecule has 16 heavy (non-hydrogen) atoms. The number of hydrogen-bond donors (Lipinski definition) is 1. The molecule has 82 valence electrons. The minimum atomic E-state index is -1.04. The van der Waals surface area contributed by atoms with Gasteiger partial charge in [-0.3, -0.25) is 0 Å². The molecule has 0 spiro atoms. The third-order valence-electron chi connectivity index (χ3n) is 1.76. The summed E-state index contributed by atoms with van der Waals surface area (Å²) in [6.07, 6.45) is 4.16. The number of rotatable bonds is 4. The number of ether oxygens (including phenoxy) is 1. The first-order valence-corrected chi connectivity index (χ1v) is 4.47. The number of benzene rings is 1. The number of carbonyl (C=O) groups excluding carboxylic acids is 1. The van der Waals surface area contributed by atoms with E-state index >= 15 is 0 Å². The summed E-state index contributed by atoms with van der Waals surface area (Å²) in [6.45, 7) is 3.42. The lowest BCUT2D eigenvalue weighted by Crippen LogP contribution is -2.02. The van der Waals surface area contributed by atoms with Crippen molar-refractivity contribution in [3.8, 4) is 0 Å². The van der Waals surface area contributed by atoms with E-state index in [2.05, 4.69) is 6.58 Å². The molecule has 1 aromatic rings. The fourth-order valence-corrected chi connectivity index (χ4v) is 0.974. The molecular formula is C12H10O4. The van der Waals surface area contributed by atoms with Gasteiger partial charge in [0.2, 0.25) is 0 Å². The first-order valence-electron chi connectivity index (χ1n) is 4.47. The van der Waals surface area contributed by atoms with Crippen LogP contribution in [0.25, 0.3) is 0 Å². The quantitative estimate of drug-likeness (QED) is 0.478. The van der Waals surface area contributed by atoms with Gasteiger partial charge in [-0.15, -0.1) is 0 Å². The molecule has 0 atom stereocenters. The summed E-state index contributed by atoms with van der Waals surface area (Å²) >= 11 is 0. The second-order valence-corrected chi connectivity index (χ2v) is 2.85. The van der Waals surface area contributed by atoms with E-state index < -0.39 is 11.9 Å². The molecule has 1 rings (SSSR count). The highest BCUT2D eigenvalue weighted by Crippen LogP contribution is 2.06. The van der Waals surface area contributed by atoms with Crippen LogP contribution in [0.3, 0.4) is 0 Å². The molecule has 4 nitrogen and oxygen atoms in total. The van der Waals surface area contributed by atoms with E-state index in [0.29, 0.717) is 5.56 Å². The van der Waals surface area contributed by atoms with Crippen LogP contribution in [-0.4, -0.2) is 17.0 Å². The van der Waals surface area contributed by atoms with E-state index in [-0.39, 0.29) is 5.56 Å². The largest absolute Gasteiger partial charge is 0.478 e. The topological polar surface area (TPSA) is 63.6 Å². The summed E-state index contributed by atoms with van der Waals surface area (Å²) < 4.78 is 4.73. The summed E-state index contributed by atoms with van der Waals surface area (Å²) in [7, 11) is 0. The Morgan fingerprint density at radius 3 is 2.25 bits per heavy atom. The maximum absolute atomic E-state index is 11.3. The highest BCUT2D eigenvalue weighted by molar-refractivity contribution is 5.92. The zero-order valence-electron chi connectivity index (χ0n) is 8.42. The molecule has 0 amide bonds. The average Bonchev–Trinajstić information content (AvgIpc) is 2.29. The van der Waals surface area contributed by atoms with Gasteiger partial charge in [0.1, 0.15) is 0 Å². The van der Waals surface area contributed by atoms with Gasteiger partial charge in [-0.25, -0.2) is 9.59 Å². The second kappa shape index (κ2) is 5.50. The van der Waals surface area contributed by atoms with Crippen LogP contribution in [0, 0.1) is 0 Å². The zero-order chi connectivity index (χ0) is 12.0. The summed E-state index contributed by atoms with van der Waals surface area (Å²) in [4.78, 5) is 21.9. The van der Waals surface area contributed by atoms with Gasteiger partial charge in [0.05, 0.1) is 17.4 Å². The molecule has 4 heteroatoms. The Kier molecular flexibility index (Phi) is 4.03. The van der Waals surface area contributed by atoms with E-state index in [4.69, 9.17) is 9.84 Å². The minimum Gasteiger partial charge on any atom is -0.478 e. The summed E-state index contributed by atoms with van der Waals surface area (Å²) in [5, 5.41) is 8.65. The molecule has 0 fully saturated rings. The van der Waals surface area contributed by atoms with Gasteiger partial charge in [0.15, 0.2) is 0 Å².